The summed E-state index contributed by atoms with van der Waals surface area (Å²) in [5.74, 6) is -0.790. The molecule has 1 aromatic carbocycles. The van der Waals surface area contributed by atoms with E-state index in [9.17, 15) is 17.9 Å². The van der Waals surface area contributed by atoms with Gasteiger partial charge in [0.05, 0.1) is 18.4 Å². The number of ether oxygens (including phenoxy) is 1. The van der Waals surface area contributed by atoms with Crippen LogP contribution in [0.2, 0.25) is 0 Å². The molecule has 0 fully saturated rings. The molecule has 0 aliphatic rings. The van der Waals surface area contributed by atoms with E-state index in [1.165, 1.54) is 19.2 Å². The number of anilines is 1. The van der Waals surface area contributed by atoms with Gasteiger partial charge in [-0.15, -0.1) is 0 Å². The minimum absolute atomic E-state index is 0.00279. The van der Waals surface area contributed by atoms with Gasteiger partial charge in [0.25, 0.3) is 0 Å². The molecule has 0 radical (unpaired) electrons. The molecule has 0 amide bonds. The average Bonchev–Trinajstić information content (AvgIpc) is 2.32. The topological polar surface area (TPSA) is 102 Å². The minimum atomic E-state index is -3.89. The van der Waals surface area contributed by atoms with Gasteiger partial charge in [0.15, 0.2) is 0 Å². The number of hydrogen-bond donors (Lipinski definition) is 3. The van der Waals surface area contributed by atoms with Crippen LogP contribution < -0.4 is 10.5 Å². The first-order chi connectivity index (χ1) is 8.88. The second-order valence-electron chi connectivity index (χ2n) is 3.95. The molecular formula is C11H17FN2O4S. The van der Waals surface area contributed by atoms with Crippen LogP contribution in [-0.4, -0.2) is 39.9 Å². The first kappa shape index (κ1) is 15.8. The summed E-state index contributed by atoms with van der Waals surface area (Å²) < 4.78 is 43.9. The Hall–Kier alpha value is -1.22. The van der Waals surface area contributed by atoms with Crippen molar-refractivity contribution in [2.24, 2.45) is 0 Å². The van der Waals surface area contributed by atoms with Crippen molar-refractivity contribution in [3.63, 3.8) is 0 Å². The molecule has 1 aromatic rings. The summed E-state index contributed by atoms with van der Waals surface area (Å²) in [5.41, 5.74) is 4.96. The van der Waals surface area contributed by atoms with Crippen molar-refractivity contribution in [3.8, 4) is 0 Å². The predicted molar refractivity (Wildman–Crippen MR) is 68.5 cm³/mol. The summed E-state index contributed by atoms with van der Waals surface area (Å²) in [6.45, 7) is 0.118. The lowest BCUT2D eigenvalue weighted by molar-refractivity contribution is 0.0603. The van der Waals surface area contributed by atoms with E-state index >= 15 is 0 Å². The number of nitrogen functional groups attached to an aromatic ring is 1. The van der Waals surface area contributed by atoms with Crippen LogP contribution in [0.25, 0.3) is 0 Å². The van der Waals surface area contributed by atoms with Crippen molar-refractivity contribution in [2.45, 2.75) is 17.4 Å². The molecule has 108 valence electrons. The minimum Gasteiger partial charge on any atom is -0.395 e. The van der Waals surface area contributed by atoms with E-state index in [1.807, 2.05) is 0 Å². The molecule has 8 heteroatoms. The van der Waals surface area contributed by atoms with Crippen molar-refractivity contribution in [1.82, 2.24) is 4.72 Å². The molecular weight excluding hydrogens is 275 g/mol. The lowest BCUT2D eigenvalue weighted by Gasteiger charge is -2.12. The molecule has 0 bridgehead atoms. The molecule has 1 rings (SSSR count). The Morgan fingerprint density at radius 2 is 2.21 bits per heavy atom. The fraction of sp³-hybridized carbons (Fsp3) is 0.455. The summed E-state index contributed by atoms with van der Waals surface area (Å²) >= 11 is 0. The molecule has 0 spiro atoms. The fourth-order valence-electron chi connectivity index (χ4n) is 1.46. The summed E-state index contributed by atoms with van der Waals surface area (Å²) in [6.07, 6.45) is -0.583. The number of nitrogens with two attached hydrogens (primary N) is 1. The van der Waals surface area contributed by atoms with Gasteiger partial charge in [-0.3, -0.25) is 0 Å². The third-order valence-corrected chi connectivity index (χ3v) is 3.95. The van der Waals surface area contributed by atoms with Crippen LogP contribution in [0.4, 0.5) is 10.1 Å². The number of sulfonamides is 1. The lowest BCUT2D eigenvalue weighted by atomic mass is 10.3. The van der Waals surface area contributed by atoms with E-state index < -0.39 is 27.6 Å². The number of hydrogen-bond acceptors (Lipinski definition) is 5. The first-order valence-electron chi connectivity index (χ1n) is 5.59. The second-order valence-corrected chi connectivity index (χ2v) is 5.68. The van der Waals surface area contributed by atoms with E-state index in [0.29, 0.717) is 0 Å². The maximum absolute atomic E-state index is 13.2. The summed E-state index contributed by atoms with van der Waals surface area (Å²) in [5, 5.41) is 9.37. The van der Waals surface area contributed by atoms with Crippen LogP contribution in [0, 0.1) is 5.82 Å². The third kappa shape index (κ3) is 4.43. The molecule has 0 aromatic heterocycles. The molecule has 0 saturated carbocycles. The highest BCUT2D eigenvalue weighted by atomic mass is 32.2. The van der Waals surface area contributed by atoms with Gasteiger partial charge in [0.1, 0.15) is 10.7 Å². The largest absolute Gasteiger partial charge is 0.395 e. The molecule has 0 aliphatic heterocycles. The quantitative estimate of drug-likeness (QED) is 0.618. The molecule has 1 unspecified atom stereocenters. The van der Waals surface area contributed by atoms with Gasteiger partial charge in [0.2, 0.25) is 10.0 Å². The summed E-state index contributed by atoms with van der Waals surface area (Å²) in [4.78, 5) is -0.311. The smallest absolute Gasteiger partial charge is 0.242 e. The van der Waals surface area contributed by atoms with Crippen LogP contribution in [0.15, 0.2) is 23.1 Å². The molecule has 0 heterocycles. The van der Waals surface area contributed by atoms with Gasteiger partial charge < -0.3 is 15.6 Å². The van der Waals surface area contributed by atoms with E-state index in [-0.39, 0.29) is 24.5 Å². The Morgan fingerprint density at radius 1 is 1.53 bits per heavy atom. The average molecular weight is 292 g/mol. The first-order valence-corrected chi connectivity index (χ1v) is 7.07. The maximum Gasteiger partial charge on any atom is 0.242 e. The highest BCUT2D eigenvalue weighted by Crippen LogP contribution is 2.20. The van der Waals surface area contributed by atoms with Crippen LogP contribution >= 0.6 is 0 Å². The highest BCUT2D eigenvalue weighted by Gasteiger charge is 2.19. The molecule has 0 aliphatic carbocycles. The van der Waals surface area contributed by atoms with Gasteiger partial charge >= 0.3 is 0 Å². The maximum atomic E-state index is 13.2. The zero-order valence-corrected chi connectivity index (χ0v) is 11.3. The standard InChI is InChI=1S/C11H17FN2O4S/c1-18-7-8(15)5-6-14-19(16,17)10-4-2-3-9(12)11(10)13/h2-4,8,14-15H,5-7,13H2,1H3. The van der Waals surface area contributed by atoms with Crippen molar-refractivity contribution in [3.05, 3.63) is 24.0 Å². The Kier molecular flexibility index (Phi) is 5.67. The van der Waals surface area contributed by atoms with Gasteiger partial charge in [-0.05, 0) is 18.6 Å². The van der Waals surface area contributed by atoms with Crippen molar-refractivity contribution in [2.75, 3.05) is 26.0 Å². The Balaban J connectivity index is 2.69. The van der Waals surface area contributed by atoms with E-state index in [2.05, 4.69) is 4.72 Å². The third-order valence-electron chi connectivity index (χ3n) is 2.43. The number of aliphatic hydroxyl groups is 1. The molecule has 4 N–H and O–H groups in total. The van der Waals surface area contributed by atoms with Gasteiger partial charge in [-0.25, -0.2) is 17.5 Å². The fourth-order valence-corrected chi connectivity index (χ4v) is 2.65. The van der Waals surface area contributed by atoms with E-state index in [1.54, 1.807) is 0 Å². The van der Waals surface area contributed by atoms with Crippen molar-refractivity contribution < 1.29 is 22.7 Å². The zero-order chi connectivity index (χ0) is 14.5. The number of aliphatic hydroxyl groups excluding tert-OH is 1. The number of nitrogens with one attached hydrogen (secondary N) is 1. The Labute approximate surface area is 111 Å². The molecule has 6 nitrogen and oxygen atoms in total. The highest BCUT2D eigenvalue weighted by molar-refractivity contribution is 7.89. The molecule has 1 atom stereocenters. The van der Waals surface area contributed by atoms with Gasteiger partial charge in [-0.2, -0.15) is 0 Å². The lowest BCUT2D eigenvalue weighted by Crippen LogP contribution is -2.29. The predicted octanol–water partition coefficient (Wildman–Crippen LogP) is 0.0836. The van der Waals surface area contributed by atoms with Crippen LogP contribution in [0.5, 0.6) is 0 Å². The van der Waals surface area contributed by atoms with Gasteiger partial charge in [0, 0.05) is 13.7 Å². The SMILES string of the molecule is COCC(O)CCNS(=O)(=O)c1cccc(F)c1N. The number of methoxy groups -OCH3 is 1. The van der Waals surface area contributed by atoms with Crippen molar-refractivity contribution in [1.29, 1.82) is 0 Å². The number of rotatable bonds is 7. The zero-order valence-electron chi connectivity index (χ0n) is 10.5. The Morgan fingerprint density at radius 3 is 2.84 bits per heavy atom. The van der Waals surface area contributed by atoms with E-state index in [4.69, 9.17) is 10.5 Å². The monoisotopic (exact) mass is 292 g/mol. The van der Waals surface area contributed by atoms with Crippen LogP contribution in [-0.2, 0) is 14.8 Å². The number of benzene rings is 1. The normalized spacial score (nSPS) is 13.4. The van der Waals surface area contributed by atoms with Crippen molar-refractivity contribution >= 4 is 15.7 Å². The second kappa shape index (κ2) is 6.80. The number of para-hydroxylation sites is 1. The molecule has 0 saturated heterocycles. The molecule has 19 heavy (non-hydrogen) atoms. The van der Waals surface area contributed by atoms with Crippen LogP contribution in [0.1, 0.15) is 6.42 Å². The number of halogens is 1. The summed E-state index contributed by atoms with van der Waals surface area (Å²) in [6, 6.07) is 3.56. The van der Waals surface area contributed by atoms with E-state index in [0.717, 1.165) is 6.07 Å². The van der Waals surface area contributed by atoms with Gasteiger partial charge in [-0.1, -0.05) is 6.07 Å². The van der Waals surface area contributed by atoms with Crippen LogP contribution in [0.3, 0.4) is 0 Å². The Bertz CT molecular complexity index is 521. The summed E-state index contributed by atoms with van der Waals surface area (Å²) in [7, 11) is -2.46.